The predicted octanol–water partition coefficient (Wildman–Crippen LogP) is 2.74. The Hall–Kier alpha value is -2.17. The van der Waals surface area contributed by atoms with E-state index in [4.69, 9.17) is 4.98 Å². The minimum atomic E-state index is 0.545. The SMILES string of the molecule is CNc1nc(C2CC2)nc(N(C)Cc2cccnc2)c1C. The summed E-state index contributed by atoms with van der Waals surface area (Å²) in [7, 11) is 3.98. The minimum absolute atomic E-state index is 0.545. The zero-order valence-electron chi connectivity index (χ0n) is 12.8. The van der Waals surface area contributed by atoms with Crippen molar-refractivity contribution in [3.8, 4) is 0 Å². The molecule has 1 saturated carbocycles. The smallest absolute Gasteiger partial charge is 0.137 e. The van der Waals surface area contributed by atoms with E-state index in [1.807, 2.05) is 19.3 Å². The maximum Gasteiger partial charge on any atom is 0.137 e. The van der Waals surface area contributed by atoms with Crippen molar-refractivity contribution in [3.05, 3.63) is 41.5 Å². The van der Waals surface area contributed by atoms with Gasteiger partial charge >= 0.3 is 0 Å². The highest BCUT2D eigenvalue weighted by molar-refractivity contribution is 5.58. The van der Waals surface area contributed by atoms with Gasteiger partial charge in [-0.1, -0.05) is 6.07 Å². The first-order valence-corrected chi connectivity index (χ1v) is 7.35. The molecule has 2 aromatic heterocycles. The summed E-state index contributed by atoms with van der Waals surface area (Å²) in [4.78, 5) is 15.8. The van der Waals surface area contributed by atoms with Crippen LogP contribution in [0, 0.1) is 6.92 Å². The molecule has 0 unspecified atom stereocenters. The lowest BCUT2D eigenvalue weighted by Gasteiger charge is -2.22. The number of aromatic nitrogens is 3. The standard InChI is InChI=1S/C16H21N5/c1-11-14(17-2)19-15(13-6-7-13)20-16(11)21(3)10-12-5-4-8-18-9-12/h4-5,8-9,13H,6-7,10H2,1-3H3,(H,17,19,20). The third-order valence-electron chi connectivity index (χ3n) is 3.82. The molecule has 5 heteroatoms. The van der Waals surface area contributed by atoms with Gasteiger partial charge in [-0.05, 0) is 31.4 Å². The van der Waals surface area contributed by atoms with Crippen LogP contribution >= 0.6 is 0 Å². The third kappa shape index (κ3) is 2.96. The number of hydrogen-bond acceptors (Lipinski definition) is 5. The fraction of sp³-hybridized carbons (Fsp3) is 0.438. The molecule has 5 nitrogen and oxygen atoms in total. The molecule has 1 aliphatic carbocycles. The van der Waals surface area contributed by atoms with E-state index in [0.717, 1.165) is 29.6 Å². The quantitative estimate of drug-likeness (QED) is 0.914. The van der Waals surface area contributed by atoms with E-state index in [1.54, 1.807) is 6.20 Å². The van der Waals surface area contributed by atoms with Crippen molar-refractivity contribution in [3.63, 3.8) is 0 Å². The Kier molecular flexibility index (Phi) is 3.73. The lowest BCUT2D eigenvalue weighted by atomic mass is 10.2. The van der Waals surface area contributed by atoms with Crippen LogP contribution in [-0.4, -0.2) is 29.0 Å². The van der Waals surface area contributed by atoms with Crippen LogP contribution in [0.25, 0.3) is 0 Å². The van der Waals surface area contributed by atoms with Gasteiger partial charge in [-0.15, -0.1) is 0 Å². The Morgan fingerprint density at radius 1 is 1.33 bits per heavy atom. The van der Waals surface area contributed by atoms with Gasteiger partial charge in [0.25, 0.3) is 0 Å². The zero-order chi connectivity index (χ0) is 14.8. The van der Waals surface area contributed by atoms with Crippen molar-refractivity contribution in [2.75, 3.05) is 24.3 Å². The number of pyridine rings is 1. The van der Waals surface area contributed by atoms with Crippen molar-refractivity contribution in [1.82, 2.24) is 15.0 Å². The number of nitrogens with one attached hydrogen (secondary N) is 1. The largest absolute Gasteiger partial charge is 0.373 e. The molecule has 1 fully saturated rings. The topological polar surface area (TPSA) is 53.9 Å². The molecule has 110 valence electrons. The van der Waals surface area contributed by atoms with Crippen molar-refractivity contribution in [2.24, 2.45) is 0 Å². The first kappa shape index (κ1) is 13.8. The molecule has 0 bridgehead atoms. The zero-order valence-corrected chi connectivity index (χ0v) is 12.8. The molecule has 21 heavy (non-hydrogen) atoms. The molecule has 0 amide bonds. The summed E-state index contributed by atoms with van der Waals surface area (Å²) in [5.41, 5.74) is 2.27. The van der Waals surface area contributed by atoms with Crippen molar-refractivity contribution < 1.29 is 0 Å². The van der Waals surface area contributed by atoms with Crippen LogP contribution in [0.4, 0.5) is 11.6 Å². The van der Waals surface area contributed by atoms with E-state index < -0.39 is 0 Å². The summed E-state index contributed by atoms with van der Waals surface area (Å²) in [5.74, 6) is 3.45. The Balaban J connectivity index is 1.90. The number of nitrogens with zero attached hydrogens (tertiary/aromatic N) is 4. The summed E-state index contributed by atoms with van der Waals surface area (Å²) in [6, 6.07) is 4.05. The van der Waals surface area contributed by atoms with Crippen molar-refractivity contribution >= 4 is 11.6 Å². The molecule has 0 atom stereocenters. The van der Waals surface area contributed by atoms with E-state index in [0.29, 0.717) is 5.92 Å². The van der Waals surface area contributed by atoms with Gasteiger partial charge in [-0.3, -0.25) is 4.98 Å². The van der Waals surface area contributed by atoms with Crippen molar-refractivity contribution in [1.29, 1.82) is 0 Å². The van der Waals surface area contributed by atoms with Gasteiger partial charge in [-0.25, -0.2) is 9.97 Å². The number of anilines is 2. The molecule has 1 aliphatic rings. The molecule has 3 rings (SSSR count). The highest BCUT2D eigenvalue weighted by Crippen LogP contribution is 2.40. The molecule has 2 aromatic rings. The third-order valence-corrected chi connectivity index (χ3v) is 3.82. The Morgan fingerprint density at radius 3 is 2.76 bits per heavy atom. The highest BCUT2D eigenvalue weighted by Gasteiger charge is 2.28. The van der Waals surface area contributed by atoms with E-state index in [-0.39, 0.29) is 0 Å². The van der Waals surface area contributed by atoms with Crippen LogP contribution in [0.5, 0.6) is 0 Å². The fourth-order valence-corrected chi connectivity index (χ4v) is 2.50. The molecular formula is C16H21N5. The van der Waals surface area contributed by atoms with Gasteiger partial charge in [-0.2, -0.15) is 0 Å². The molecule has 0 aliphatic heterocycles. The van der Waals surface area contributed by atoms with Crippen LogP contribution in [0.15, 0.2) is 24.5 Å². The molecule has 1 N–H and O–H groups in total. The molecule has 0 radical (unpaired) electrons. The van der Waals surface area contributed by atoms with Crippen LogP contribution in [-0.2, 0) is 6.54 Å². The summed E-state index contributed by atoms with van der Waals surface area (Å²) in [5, 5.41) is 3.19. The van der Waals surface area contributed by atoms with E-state index >= 15 is 0 Å². The maximum atomic E-state index is 4.79. The molecule has 2 heterocycles. The summed E-state index contributed by atoms with van der Waals surface area (Å²) < 4.78 is 0. The number of rotatable bonds is 5. The average molecular weight is 283 g/mol. The summed E-state index contributed by atoms with van der Waals surface area (Å²) in [6.07, 6.45) is 6.10. The van der Waals surface area contributed by atoms with Crippen molar-refractivity contribution in [2.45, 2.75) is 32.2 Å². The Bertz CT molecular complexity index is 622. The minimum Gasteiger partial charge on any atom is -0.373 e. The predicted molar refractivity (Wildman–Crippen MR) is 84.6 cm³/mol. The molecule has 0 aromatic carbocycles. The fourth-order valence-electron chi connectivity index (χ4n) is 2.50. The van der Waals surface area contributed by atoms with Crippen LogP contribution in [0.1, 0.15) is 35.7 Å². The van der Waals surface area contributed by atoms with E-state index in [2.05, 4.69) is 40.2 Å². The second-order valence-electron chi connectivity index (χ2n) is 5.62. The Labute approximate surface area is 125 Å². The second-order valence-corrected chi connectivity index (χ2v) is 5.62. The van der Waals surface area contributed by atoms with Gasteiger partial charge in [0.2, 0.25) is 0 Å². The summed E-state index contributed by atoms with van der Waals surface area (Å²) in [6.45, 7) is 2.86. The van der Waals surface area contributed by atoms with Gasteiger partial charge in [0.05, 0.1) is 0 Å². The molecular weight excluding hydrogens is 262 g/mol. The lowest BCUT2D eigenvalue weighted by Crippen LogP contribution is -2.20. The van der Waals surface area contributed by atoms with E-state index in [1.165, 1.54) is 18.4 Å². The molecule has 0 spiro atoms. The normalized spacial score (nSPS) is 14.0. The number of hydrogen-bond donors (Lipinski definition) is 1. The highest BCUT2D eigenvalue weighted by atomic mass is 15.2. The van der Waals surface area contributed by atoms with Crippen LogP contribution < -0.4 is 10.2 Å². The van der Waals surface area contributed by atoms with Gasteiger partial charge in [0, 0.05) is 44.5 Å². The Morgan fingerprint density at radius 2 is 2.14 bits per heavy atom. The van der Waals surface area contributed by atoms with Gasteiger partial charge in [0.1, 0.15) is 17.5 Å². The van der Waals surface area contributed by atoms with E-state index in [9.17, 15) is 0 Å². The summed E-state index contributed by atoms with van der Waals surface area (Å²) >= 11 is 0. The average Bonchev–Trinajstić information content (AvgIpc) is 3.33. The maximum absolute atomic E-state index is 4.79. The van der Waals surface area contributed by atoms with Crippen LogP contribution in [0.2, 0.25) is 0 Å². The van der Waals surface area contributed by atoms with Crippen LogP contribution in [0.3, 0.4) is 0 Å². The van der Waals surface area contributed by atoms with Gasteiger partial charge in [0.15, 0.2) is 0 Å². The first-order valence-electron chi connectivity index (χ1n) is 7.35. The monoisotopic (exact) mass is 283 g/mol. The second kappa shape index (κ2) is 5.68. The first-order chi connectivity index (χ1) is 10.2. The molecule has 0 saturated heterocycles. The van der Waals surface area contributed by atoms with Gasteiger partial charge < -0.3 is 10.2 Å². The lowest BCUT2D eigenvalue weighted by molar-refractivity contribution is 0.843.